The number of hydrogen-bond donors (Lipinski definition) is 1. The molecule has 2 aromatic rings. The predicted molar refractivity (Wildman–Crippen MR) is 96.5 cm³/mol. The topological polar surface area (TPSA) is 15.3 Å². The number of hydrogen-bond acceptors (Lipinski definition) is 3. The fraction of sp³-hybridized carbons (Fsp3) is 0.375. The van der Waals surface area contributed by atoms with Gasteiger partial charge in [0.1, 0.15) is 5.82 Å². The highest BCUT2D eigenvalue weighted by Crippen LogP contribution is 2.37. The zero-order valence-electron chi connectivity index (χ0n) is 13.1. The van der Waals surface area contributed by atoms with Gasteiger partial charge in [-0.15, -0.1) is 36.2 Å². The lowest BCUT2D eigenvalue weighted by Crippen LogP contribution is -2.45. The van der Waals surface area contributed by atoms with E-state index in [0.717, 1.165) is 36.2 Å². The molecule has 25 heavy (non-hydrogen) atoms. The van der Waals surface area contributed by atoms with Gasteiger partial charge in [0.2, 0.25) is 0 Å². The van der Waals surface area contributed by atoms with Crippen molar-refractivity contribution in [3.8, 4) is 0 Å². The molecule has 0 amide bonds. The molecule has 1 fully saturated rings. The van der Waals surface area contributed by atoms with Crippen molar-refractivity contribution < 1.29 is 17.6 Å². The van der Waals surface area contributed by atoms with Gasteiger partial charge >= 0.3 is 6.18 Å². The first-order valence-electron chi connectivity index (χ1n) is 7.31. The maximum atomic E-state index is 14.3. The van der Waals surface area contributed by atoms with Crippen LogP contribution in [0.25, 0.3) is 0 Å². The van der Waals surface area contributed by atoms with Crippen LogP contribution < -0.4 is 5.32 Å². The highest BCUT2D eigenvalue weighted by molar-refractivity contribution is 7.10. The molecule has 0 unspecified atom stereocenters. The van der Waals surface area contributed by atoms with Gasteiger partial charge in [-0.2, -0.15) is 13.2 Å². The van der Waals surface area contributed by atoms with Crippen molar-refractivity contribution in [3.05, 3.63) is 57.5 Å². The van der Waals surface area contributed by atoms with E-state index in [9.17, 15) is 17.6 Å². The summed E-state index contributed by atoms with van der Waals surface area (Å²) in [6, 6.07) is 5.85. The Morgan fingerprint density at radius 3 is 2.32 bits per heavy atom. The molecule has 1 aliphatic rings. The smallest absolute Gasteiger partial charge is 0.314 e. The van der Waals surface area contributed by atoms with Crippen LogP contribution in [0.2, 0.25) is 0 Å². The molecule has 2 heterocycles. The Bertz CT molecular complexity index is 659. The standard InChI is InChI=1S/C16H16F4N2S.2ClH/c17-13-4-3-11(16(18,19)20)10-12(13)15(14-2-1-9-23-14)22-7-5-21-6-8-22;;/h1-4,9-10,15,21H,5-8H2;2*1H/t15-;;/m0../s1. The Morgan fingerprint density at radius 2 is 1.76 bits per heavy atom. The zero-order valence-corrected chi connectivity index (χ0v) is 15.5. The molecule has 1 atom stereocenters. The largest absolute Gasteiger partial charge is 0.416 e. The highest BCUT2D eigenvalue weighted by atomic mass is 35.5. The van der Waals surface area contributed by atoms with Crippen LogP contribution >= 0.6 is 36.2 Å². The number of rotatable bonds is 3. The van der Waals surface area contributed by atoms with Crippen LogP contribution in [0.5, 0.6) is 0 Å². The average Bonchev–Trinajstić information content (AvgIpc) is 3.03. The predicted octanol–water partition coefficient (Wildman–Crippen LogP) is 4.74. The van der Waals surface area contributed by atoms with Crippen molar-refractivity contribution in [2.24, 2.45) is 0 Å². The molecule has 9 heteroatoms. The Balaban J connectivity index is 0.00000156. The number of nitrogens with zero attached hydrogens (tertiary/aromatic N) is 1. The number of benzene rings is 1. The zero-order chi connectivity index (χ0) is 16.4. The summed E-state index contributed by atoms with van der Waals surface area (Å²) in [5.41, 5.74) is -0.727. The molecule has 1 aromatic heterocycles. The Labute approximate surface area is 160 Å². The van der Waals surface area contributed by atoms with E-state index in [1.807, 2.05) is 22.4 Å². The Kier molecular flexibility index (Phi) is 8.15. The molecule has 0 radical (unpaired) electrons. The third-order valence-electron chi connectivity index (χ3n) is 3.95. The number of halogens is 6. The lowest BCUT2D eigenvalue weighted by molar-refractivity contribution is -0.137. The van der Waals surface area contributed by atoms with E-state index in [0.29, 0.717) is 13.1 Å². The van der Waals surface area contributed by atoms with Crippen LogP contribution in [0.15, 0.2) is 35.7 Å². The van der Waals surface area contributed by atoms with Crippen LogP contribution in [0.4, 0.5) is 17.6 Å². The summed E-state index contributed by atoms with van der Waals surface area (Å²) in [6.45, 7) is 2.81. The Hall–Kier alpha value is -0.860. The van der Waals surface area contributed by atoms with Gasteiger partial charge in [-0.1, -0.05) is 6.07 Å². The van der Waals surface area contributed by atoms with Crippen molar-refractivity contribution in [2.75, 3.05) is 26.2 Å². The molecule has 0 saturated carbocycles. The molecular weight excluding hydrogens is 399 g/mol. The molecule has 0 spiro atoms. The van der Waals surface area contributed by atoms with E-state index < -0.39 is 23.6 Å². The molecule has 140 valence electrons. The second-order valence-electron chi connectivity index (χ2n) is 5.44. The summed E-state index contributed by atoms with van der Waals surface area (Å²) in [5, 5.41) is 5.06. The van der Waals surface area contributed by atoms with Gasteiger partial charge in [0.25, 0.3) is 0 Å². The molecule has 1 N–H and O–H groups in total. The molecule has 0 aliphatic carbocycles. The monoisotopic (exact) mass is 416 g/mol. The van der Waals surface area contributed by atoms with Crippen LogP contribution in [0.1, 0.15) is 22.0 Å². The van der Waals surface area contributed by atoms with Crippen molar-refractivity contribution in [1.29, 1.82) is 0 Å². The normalized spacial score (nSPS) is 16.6. The first-order valence-corrected chi connectivity index (χ1v) is 8.19. The van der Waals surface area contributed by atoms with Gasteiger partial charge in [0.15, 0.2) is 0 Å². The third kappa shape index (κ3) is 5.08. The minimum Gasteiger partial charge on any atom is -0.314 e. The summed E-state index contributed by atoms with van der Waals surface area (Å²) in [4.78, 5) is 2.88. The number of alkyl halides is 3. The minimum atomic E-state index is -4.48. The maximum Gasteiger partial charge on any atom is 0.416 e. The first kappa shape index (κ1) is 22.2. The summed E-state index contributed by atoms with van der Waals surface area (Å²) in [5.74, 6) is -0.602. The number of piperazine rings is 1. The highest BCUT2D eigenvalue weighted by Gasteiger charge is 2.34. The molecule has 0 bridgehead atoms. The van der Waals surface area contributed by atoms with Crippen LogP contribution in [-0.4, -0.2) is 31.1 Å². The number of nitrogens with one attached hydrogen (secondary N) is 1. The second-order valence-corrected chi connectivity index (χ2v) is 6.42. The molecular formula is C16H18Cl2F4N2S. The van der Waals surface area contributed by atoms with Crippen molar-refractivity contribution in [3.63, 3.8) is 0 Å². The van der Waals surface area contributed by atoms with Gasteiger partial charge in [0.05, 0.1) is 11.6 Å². The van der Waals surface area contributed by atoms with Crippen molar-refractivity contribution in [1.82, 2.24) is 10.2 Å². The molecule has 1 aromatic carbocycles. The molecule has 1 saturated heterocycles. The van der Waals surface area contributed by atoms with E-state index in [4.69, 9.17) is 0 Å². The van der Waals surface area contributed by atoms with Crippen LogP contribution in [0, 0.1) is 5.82 Å². The van der Waals surface area contributed by atoms with E-state index in [2.05, 4.69) is 5.32 Å². The quantitative estimate of drug-likeness (QED) is 0.726. The number of thiophene rings is 1. The van der Waals surface area contributed by atoms with Gasteiger partial charge < -0.3 is 5.32 Å². The fourth-order valence-electron chi connectivity index (χ4n) is 2.85. The lowest BCUT2D eigenvalue weighted by atomic mass is 9.99. The Morgan fingerprint density at radius 1 is 1.08 bits per heavy atom. The van der Waals surface area contributed by atoms with Gasteiger partial charge in [-0.05, 0) is 29.6 Å². The van der Waals surface area contributed by atoms with Crippen LogP contribution in [0.3, 0.4) is 0 Å². The second kappa shape index (κ2) is 9.19. The first-order chi connectivity index (χ1) is 11.0. The molecule has 1 aliphatic heterocycles. The fourth-order valence-corrected chi connectivity index (χ4v) is 3.72. The van der Waals surface area contributed by atoms with E-state index in [-0.39, 0.29) is 30.4 Å². The average molecular weight is 417 g/mol. The lowest BCUT2D eigenvalue weighted by Gasteiger charge is -2.35. The molecule has 3 rings (SSSR count). The van der Waals surface area contributed by atoms with E-state index >= 15 is 0 Å². The van der Waals surface area contributed by atoms with Gasteiger partial charge in [0, 0.05) is 36.6 Å². The van der Waals surface area contributed by atoms with Gasteiger partial charge in [-0.3, -0.25) is 4.90 Å². The SMILES string of the molecule is Cl.Cl.Fc1ccc(C(F)(F)F)cc1[C@@H](c1cccs1)N1CCNCC1. The van der Waals surface area contributed by atoms with Crippen molar-refractivity contribution >= 4 is 36.2 Å². The van der Waals surface area contributed by atoms with Gasteiger partial charge in [-0.25, -0.2) is 4.39 Å². The summed E-state index contributed by atoms with van der Waals surface area (Å²) in [6.07, 6.45) is -4.48. The summed E-state index contributed by atoms with van der Waals surface area (Å²) < 4.78 is 53.4. The third-order valence-corrected chi connectivity index (χ3v) is 4.87. The van der Waals surface area contributed by atoms with Crippen LogP contribution in [-0.2, 0) is 6.18 Å². The summed E-state index contributed by atoms with van der Waals surface area (Å²) in [7, 11) is 0. The van der Waals surface area contributed by atoms with Crippen molar-refractivity contribution in [2.45, 2.75) is 12.2 Å². The maximum absolute atomic E-state index is 14.3. The van der Waals surface area contributed by atoms with E-state index in [1.165, 1.54) is 11.3 Å². The minimum absolute atomic E-state index is 0. The van der Waals surface area contributed by atoms with E-state index in [1.54, 1.807) is 0 Å². The summed E-state index contributed by atoms with van der Waals surface area (Å²) >= 11 is 1.43. The molecule has 2 nitrogen and oxygen atoms in total.